The Morgan fingerprint density at radius 3 is 2.23 bits per heavy atom. The number of hydrogen-bond donors (Lipinski definition) is 1. The van der Waals surface area contributed by atoms with Crippen LogP contribution < -0.4 is 0 Å². The van der Waals surface area contributed by atoms with Gasteiger partial charge in [0, 0.05) is 11.6 Å². The molecule has 1 aliphatic rings. The minimum Gasteiger partial charge on any atom is -0.612 e. The van der Waals surface area contributed by atoms with Crippen LogP contribution in [-0.4, -0.2) is 29.9 Å². The van der Waals surface area contributed by atoms with E-state index in [0.29, 0.717) is 5.56 Å². The number of aliphatic hydroxyl groups excluding tert-OH is 1. The molecular weight excluding hydrogens is 310 g/mol. The number of halogens is 1. The summed E-state index contributed by atoms with van der Waals surface area (Å²) in [7, 11) is 2.78. The molecule has 0 saturated heterocycles. The maximum absolute atomic E-state index is 11.3. The van der Waals surface area contributed by atoms with Gasteiger partial charge < -0.3 is 25.0 Å². The zero-order chi connectivity index (χ0) is 16.3. The molecule has 1 N–H and O–H groups in total. The topological polar surface area (TPSA) is 87.8 Å². The average molecular weight is 323 g/mol. The number of allylic oxidation sites excluding steroid dienone is 3. The Morgan fingerprint density at radius 1 is 1.09 bits per heavy atom. The van der Waals surface area contributed by atoms with Crippen molar-refractivity contribution in [2.24, 2.45) is 0 Å². The third-order valence-corrected chi connectivity index (χ3v) is 3.41. The number of benzene rings is 1. The van der Waals surface area contributed by atoms with Crippen molar-refractivity contribution >= 4 is 23.1 Å². The Bertz CT molecular complexity index is 714. The standard InChI is InChI=1S/C15H13ClNO5/c1-21-13-7-10(12(17(19)20)8-14(13)22-2)15(18)9-5-3-4-6-11(9)16/h3-8H,1-2H3,(H-,18,19,20)/q-1. The van der Waals surface area contributed by atoms with Crippen LogP contribution in [0, 0.1) is 10.4 Å². The van der Waals surface area contributed by atoms with Crippen molar-refractivity contribution in [3.63, 3.8) is 0 Å². The summed E-state index contributed by atoms with van der Waals surface area (Å²) in [5.74, 6) is 0.157. The molecule has 0 spiro atoms. The molecule has 0 heterocycles. The molecule has 1 aliphatic carbocycles. The maximum Gasteiger partial charge on any atom is 0.237 e. The predicted octanol–water partition coefficient (Wildman–Crippen LogP) is 3.13. The summed E-state index contributed by atoms with van der Waals surface area (Å²) in [5.41, 5.74) is -0.0229. The first kappa shape index (κ1) is 15.8. The van der Waals surface area contributed by atoms with Crippen molar-refractivity contribution in [2.75, 3.05) is 14.2 Å². The fraction of sp³-hybridized carbons (Fsp3) is 0.133. The number of hydrogen-bond acceptors (Lipinski definition) is 5. The lowest BCUT2D eigenvalue weighted by Crippen LogP contribution is -2.18. The minimum absolute atomic E-state index is 0.00394. The molecule has 0 saturated carbocycles. The zero-order valence-electron chi connectivity index (χ0n) is 11.9. The van der Waals surface area contributed by atoms with Crippen LogP contribution >= 0.6 is 11.6 Å². The third kappa shape index (κ3) is 2.87. The zero-order valence-corrected chi connectivity index (χ0v) is 12.6. The van der Waals surface area contributed by atoms with Gasteiger partial charge in [0.05, 0.1) is 30.9 Å². The Morgan fingerprint density at radius 2 is 1.68 bits per heavy atom. The largest absolute Gasteiger partial charge is 0.612 e. The molecule has 7 heteroatoms. The van der Waals surface area contributed by atoms with Gasteiger partial charge in [0.2, 0.25) is 5.71 Å². The van der Waals surface area contributed by atoms with E-state index in [0.717, 1.165) is 0 Å². The van der Waals surface area contributed by atoms with Crippen LogP contribution in [0.3, 0.4) is 0 Å². The van der Waals surface area contributed by atoms with E-state index < -0.39 is 4.90 Å². The van der Waals surface area contributed by atoms with E-state index in [1.165, 1.54) is 26.4 Å². The Labute approximate surface area is 132 Å². The molecular formula is C15H13ClNO5-. The second-order valence-electron chi connectivity index (χ2n) is 4.31. The predicted molar refractivity (Wildman–Crippen MR) is 83.2 cm³/mol. The molecule has 2 rings (SSSR count). The summed E-state index contributed by atoms with van der Waals surface area (Å²) < 4.78 is 10.2. The van der Waals surface area contributed by atoms with Gasteiger partial charge in [-0.2, -0.15) is 4.90 Å². The molecule has 1 aromatic rings. The van der Waals surface area contributed by atoms with Gasteiger partial charge in [0.1, 0.15) is 5.76 Å². The van der Waals surface area contributed by atoms with Crippen molar-refractivity contribution in [3.8, 4) is 0 Å². The van der Waals surface area contributed by atoms with Gasteiger partial charge in [-0.3, -0.25) is 0 Å². The molecule has 6 nitrogen and oxygen atoms in total. The molecule has 0 bridgehead atoms. The molecule has 0 aliphatic heterocycles. The quantitative estimate of drug-likeness (QED) is 0.524. The molecule has 116 valence electrons. The lowest BCUT2D eigenvalue weighted by molar-refractivity contribution is -0.377. The number of rotatable bonds is 3. The van der Waals surface area contributed by atoms with Gasteiger partial charge in [0.15, 0.2) is 11.5 Å². The van der Waals surface area contributed by atoms with Crippen molar-refractivity contribution in [1.29, 1.82) is 0 Å². The highest BCUT2D eigenvalue weighted by Gasteiger charge is 2.26. The Hall–Kier alpha value is -2.60. The minimum atomic E-state index is -0.607. The fourth-order valence-corrected chi connectivity index (χ4v) is 2.23. The summed E-state index contributed by atoms with van der Waals surface area (Å²) in [6, 6.07) is 6.52. The first-order valence-corrected chi connectivity index (χ1v) is 6.59. The van der Waals surface area contributed by atoms with Gasteiger partial charge in [-0.25, -0.2) is 0 Å². The molecule has 22 heavy (non-hydrogen) atoms. The van der Waals surface area contributed by atoms with E-state index in [4.69, 9.17) is 21.1 Å². The van der Waals surface area contributed by atoms with Crippen LogP contribution in [0.1, 0.15) is 5.56 Å². The lowest BCUT2D eigenvalue weighted by Gasteiger charge is -2.19. The second kappa shape index (κ2) is 6.44. The van der Waals surface area contributed by atoms with Crippen molar-refractivity contribution in [3.05, 3.63) is 74.5 Å². The smallest absolute Gasteiger partial charge is 0.237 e. The number of methoxy groups -OCH3 is 2. The van der Waals surface area contributed by atoms with Crippen LogP contribution in [-0.2, 0) is 9.47 Å². The van der Waals surface area contributed by atoms with Crippen molar-refractivity contribution in [1.82, 2.24) is 0 Å². The molecule has 0 fully saturated rings. The summed E-state index contributed by atoms with van der Waals surface area (Å²) in [6.07, 6.45) is 2.54. The van der Waals surface area contributed by atoms with Crippen LogP contribution in [0.2, 0.25) is 5.02 Å². The third-order valence-electron chi connectivity index (χ3n) is 3.08. The van der Waals surface area contributed by atoms with Crippen molar-refractivity contribution < 1.29 is 19.5 Å². The van der Waals surface area contributed by atoms with Crippen molar-refractivity contribution in [2.45, 2.75) is 0 Å². The van der Waals surface area contributed by atoms with Gasteiger partial charge in [-0.15, -0.1) is 0 Å². The number of ether oxygens (including phenoxy) is 2. The van der Waals surface area contributed by atoms with E-state index >= 15 is 0 Å². The summed E-state index contributed by atoms with van der Waals surface area (Å²) in [4.78, 5) is -0.607. The van der Waals surface area contributed by atoms with Gasteiger partial charge in [-0.05, 0) is 12.1 Å². The monoisotopic (exact) mass is 322 g/mol. The fourth-order valence-electron chi connectivity index (χ4n) is 2.01. The summed E-state index contributed by atoms with van der Waals surface area (Å²) in [5, 5.41) is 33.2. The number of aliphatic hydroxyl groups is 1. The summed E-state index contributed by atoms with van der Waals surface area (Å²) in [6.45, 7) is 0. The summed E-state index contributed by atoms with van der Waals surface area (Å²) >= 11 is 6.03. The SMILES string of the molecule is COC1=CC(=C(O)c2ccccc2Cl)C(=[N+]([O-])[O-])C=C1OC. The van der Waals surface area contributed by atoms with E-state index in [1.807, 2.05) is 0 Å². The van der Waals surface area contributed by atoms with Crippen LogP contribution in [0.25, 0.3) is 5.76 Å². The Balaban J connectivity index is 2.69. The molecule has 0 aromatic heterocycles. The van der Waals surface area contributed by atoms with Crippen LogP contribution in [0.15, 0.2) is 53.5 Å². The first-order valence-electron chi connectivity index (χ1n) is 6.21. The molecule has 0 radical (unpaired) electrons. The molecule has 0 unspecified atom stereocenters. The highest BCUT2D eigenvalue weighted by atomic mass is 35.5. The van der Waals surface area contributed by atoms with Crippen LogP contribution in [0.5, 0.6) is 0 Å². The molecule has 0 atom stereocenters. The normalized spacial score (nSPS) is 16.6. The first-order chi connectivity index (χ1) is 10.5. The van der Waals surface area contributed by atoms with Gasteiger partial charge in [-0.1, -0.05) is 23.7 Å². The maximum atomic E-state index is 11.3. The van der Waals surface area contributed by atoms with E-state index in [1.54, 1.807) is 24.3 Å². The van der Waals surface area contributed by atoms with Gasteiger partial charge in [0.25, 0.3) is 0 Å². The van der Waals surface area contributed by atoms with Gasteiger partial charge >= 0.3 is 0 Å². The molecule has 1 aromatic carbocycles. The second-order valence-corrected chi connectivity index (χ2v) is 4.72. The molecule has 0 amide bonds. The lowest BCUT2D eigenvalue weighted by atomic mass is 9.98. The Kier molecular flexibility index (Phi) is 4.62. The number of nitrogens with zero attached hydrogens (tertiary/aromatic N) is 1. The average Bonchev–Trinajstić information content (AvgIpc) is 2.53. The highest BCUT2D eigenvalue weighted by molar-refractivity contribution is 6.32. The van der Waals surface area contributed by atoms with E-state index in [-0.39, 0.29) is 33.6 Å². The van der Waals surface area contributed by atoms with Crippen LogP contribution in [0.4, 0.5) is 0 Å². The highest BCUT2D eigenvalue weighted by Crippen LogP contribution is 2.30. The van der Waals surface area contributed by atoms with E-state index in [2.05, 4.69) is 0 Å². The van der Waals surface area contributed by atoms with E-state index in [9.17, 15) is 15.5 Å².